The fourth-order valence-electron chi connectivity index (χ4n) is 1.29. The minimum absolute atomic E-state index is 0.0458. The van der Waals surface area contributed by atoms with Gasteiger partial charge in [0.1, 0.15) is 6.67 Å². The molecule has 0 unspecified atom stereocenters. The van der Waals surface area contributed by atoms with Crippen molar-refractivity contribution in [1.82, 2.24) is 0 Å². The van der Waals surface area contributed by atoms with Crippen molar-refractivity contribution < 1.29 is 23.8 Å². The summed E-state index contributed by atoms with van der Waals surface area (Å²) in [5.41, 5.74) is 0.0125. The van der Waals surface area contributed by atoms with Gasteiger partial charge in [-0.25, -0.2) is 9.18 Å². The number of carboxylic acid groups (broad SMARTS) is 1. The molecule has 2 rings (SSSR count). The lowest BCUT2D eigenvalue weighted by atomic mass is 10.1. The van der Waals surface area contributed by atoms with E-state index in [4.69, 9.17) is 14.6 Å². The van der Waals surface area contributed by atoms with Crippen LogP contribution < -0.4 is 9.47 Å². The predicted molar refractivity (Wildman–Crippen MR) is 44.3 cm³/mol. The average molecular weight is 198 g/mol. The van der Waals surface area contributed by atoms with Crippen LogP contribution in [0.1, 0.15) is 15.9 Å². The highest BCUT2D eigenvalue weighted by Crippen LogP contribution is 2.35. The largest absolute Gasteiger partial charge is 0.478 e. The second-order valence-electron chi connectivity index (χ2n) is 2.80. The molecule has 5 heteroatoms. The Hall–Kier alpha value is -1.78. The third-order valence-corrected chi connectivity index (χ3v) is 1.97. The first-order valence-corrected chi connectivity index (χ1v) is 3.94. The Morgan fingerprint density at radius 3 is 2.64 bits per heavy atom. The number of ether oxygens (including phenoxy) is 2. The van der Waals surface area contributed by atoms with E-state index < -0.39 is 12.6 Å². The first-order valence-electron chi connectivity index (χ1n) is 3.94. The topological polar surface area (TPSA) is 55.8 Å². The van der Waals surface area contributed by atoms with Gasteiger partial charge in [-0.15, -0.1) is 0 Å². The van der Waals surface area contributed by atoms with Gasteiger partial charge in [0.05, 0.1) is 5.56 Å². The average Bonchev–Trinajstić information content (AvgIpc) is 2.62. The van der Waals surface area contributed by atoms with Crippen LogP contribution in [-0.4, -0.2) is 17.9 Å². The zero-order valence-electron chi connectivity index (χ0n) is 7.12. The van der Waals surface area contributed by atoms with E-state index in [9.17, 15) is 9.18 Å². The molecule has 0 saturated heterocycles. The summed E-state index contributed by atoms with van der Waals surface area (Å²) in [6, 6.07) is 2.63. The van der Waals surface area contributed by atoms with Crippen LogP contribution in [0.5, 0.6) is 11.5 Å². The van der Waals surface area contributed by atoms with Crippen LogP contribution in [0.4, 0.5) is 4.39 Å². The minimum atomic E-state index is -1.17. The molecule has 0 spiro atoms. The summed E-state index contributed by atoms with van der Waals surface area (Å²) in [6.45, 7) is -0.789. The normalized spacial score (nSPS) is 12.9. The molecule has 1 aliphatic rings. The monoisotopic (exact) mass is 198 g/mol. The van der Waals surface area contributed by atoms with Gasteiger partial charge in [-0.05, 0) is 12.1 Å². The summed E-state index contributed by atoms with van der Waals surface area (Å²) < 4.78 is 22.4. The van der Waals surface area contributed by atoms with Crippen molar-refractivity contribution in [3.8, 4) is 11.5 Å². The van der Waals surface area contributed by atoms with Crippen molar-refractivity contribution in [2.75, 3.05) is 6.79 Å². The molecule has 0 bridgehead atoms. The molecule has 0 radical (unpaired) electrons. The van der Waals surface area contributed by atoms with E-state index in [0.29, 0.717) is 11.5 Å². The number of fused-ring (bicyclic) bond motifs is 1. The van der Waals surface area contributed by atoms with Crippen LogP contribution in [-0.2, 0) is 6.67 Å². The number of hydrogen-bond acceptors (Lipinski definition) is 3. The van der Waals surface area contributed by atoms with Crippen molar-refractivity contribution >= 4 is 5.97 Å². The number of rotatable bonds is 2. The highest BCUT2D eigenvalue weighted by molar-refractivity contribution is 5.90. The summed E-state index contributed by atoms with van der Waals surface area (Å²) in [5.74, 6) is -0.432. The fraction of sp³-hybridized carbons (Fsp3) is 0.222. The van der Waals surface area contributed by atoms with Crippen molar-refractivity contribution in [1.29, 1.82) is 0 Å². The van der Waals surface area contributed by atoms with Gasteiger partial charge in [-0.3, -0.25) is 0 Å². The van der Waals surface area contributed by atoms with Crippen molar-refractivity contribution in [2.24, 2.45) is 0 Å². The number of halogens is 1. The van der Waals surface area contributed by atoms with E-state index >= 15 is 0 Å². The summed E-state index contributed by atoms with van der Waals surface area (Å²) in [4.78, 5) is 10.7. The first kappa shape index (κ1) is 8.80. The SMILES string of the molecule is O=C(O)c1cc2c(cc1CF)OCO2. The number of alkyl halides is 1. The number of carbonyl (C=O) groups is 1. The Kier molecular flexibility index (Phi) is 1.99. The maximum Gasteiger partial charge on any atom is 0.336 e. The van der Waals surface area contributed by atoms with E-state index in [1.165, 1.54) is 12.1 Å². The molecule has 1 aliphatic heterocycles. The van der Waals surface area contributed by atoms with E-state index in [2.05, 4.69) is 0 Å². The molecule has 4 nitrogen and oxygen atoms in total. The highest BCUT2D eigenvalue weighted by atomic mass is 19.1. The van der Waals surface area contributed by atoms with Gasteiger partial charge >= 0.3 is 5.97 Å². The lowest BCUT2D eigenvalue weighted by Gasteiger charge is -2.03. The van der Waals surface area contributed by atoms with E-state index in [1.807, 2.05) is 0 Å². The van der Waals surface area contributed by atoms with Gasteiger partial charge in [0.2, 0.25) is 6.79 Å². The van der Waals surface area contributed by atoms with Gasteiger partial charge in [0.25, 0.3) is 0 Å². The Bertz CT molecular complexity index is 389. The van der Waals surface area contributed by atoms with Crippen molar-refractivity contribution in [3.63, 3.8) is 0 Å². The lowest BCUT2D eigenvalue weighted by molar-refractivity contribution is 0.0694. The molecule has 0 saturated carbocycles. The molecule has 0 aromatic heterocycles. The van der Waals surface area contributed by atoms with E-state index in [1.54, 1.807) is 0 Å². The number of benzene rings is 1. The summed E-state index contributed by atoms with van der Waals surface area (Å²) >= 11 is 0. The second-order valence-corrected chi connectivity index (χ2v) is 2.80. The maximum atomic E-state index is 12.5. The summed E-state index contributed by atoms with van der Waals surface area (Å²) in [6.07, 6.45) is 0. The minimum Gasteiger partial charge on any atom is -0.478 e. The van der Waals surface area contributed by atoms with Crippen molar-refractivity contribution in [2.45, 2.75) is 6.67 Å². The van der Waals surface area contributed by atoms with Gasteiger partial charge in [0, 0.05) is 5.56 Å². The van der Waals surface area contributed by atoms with Gasteiger partial charge in [-0.2, -0.15) is 0 Å². The third-order valence-electron chi connectivity index (χ3n) is 1.97. The molecule has 14 heavy (non-hydrogen) atoms. The molecule has 0 fully saturated rings. The Morgan fingerprint density at radius 1 is 1.43 bits per heavy atom. The Labute approximate surface area is 78.9 Å². The molecule has 0 atom stereocenters. The Morgan fingerprint density at radius 2 is 2.07 bits per heavy atom. The molecule has 0 amide bonds. The zero-order chi connectivity index (χ0) is 10.1. The van der Waals surface area contributed by atoms with E-state index in [0.717, 1.165) is 0 Å². The lowest BCUT2D eigenvalue weighted by Crippen LogP contribution is -2.01. The van der Waals surface area contributed by atoms with Crippen LogP contribution >= 0.6 is 0 Å². The molecule has 1 aromatic carbocycles. The summed E-state index contributed by atoms with van der Waals surface area (Å²) in [5, 5.41) is 8.76. The predicted octanol–water partition coefficient (Wildman–Crippen LogP) is 1.58. The molecule has 1 N–H and O–H groups in total. The molecular weight excluding hydrogens is 191 g/mol. The standard InChI is InChI=1S/C9H7FO4/c10-3-5-1-7-8(14-4-13-7)2-6(5)9(11)12/h1-2H,3-4H2,(H,11,12). The number of aromatic carboxylic acids is 1. The molecule has 74 valence electrons. The van der Waals surface area contributed by atoms with Crippen LogP contribution in [0.3, 0.4) is 0 Å². The van der Waals surface area contributed by atoms with Crippen LogP contribution in [0.15, 0.2) is 12.1 Å². The molecule has 1 heterocycles. The fourth-order valence-corrected chi connectivity index (χ4v) is 1.29. The highest BCUT2D eigenvalue weighted by Gasteiger charge is 2.20. The smallest absolute Gasteiger partial charge is 0.336 e. The third kappa shape index (κ3) is 1.26. The Balaban J connectivity index is 2.54. The molecular formula is C9H7FO4. The number of carboxylic acids is 1. The first-order chi connectivity index (χ1) is 6.72. The van der Waals surface area contributed by atoms with Crippen LogP contribution in [0.2, 0.25) is 0 Å². The molecule has 0 aliphatic carbocycles. The maximum absolute atomic E-state index is 12.5. The number of hydrogen-bond donors (Lipinski definition) is 1. The zero-order valence-corrected chi connectivity index (χ0v) is 7.12. The van der Waals surface area contributed by atoms with E-state index in [-0.39, 0.29) is 17.9 Å². The van der Waals surface area contributed by atoms with Gasteiger partial charge < -0.3 is 14.6 Å². The van der Waals surface area contributed by atoms with Crippen molar-refractivity contribution in [3.05, 3.63) is 23.3 Å². The summed E-state index contributed by atoms with van der Waals surface area (Å²) in [7, 11) is 0. The van der Waals surface area contributed by atoms with Crippen LogP contribution in [0, 0.1) is 0 Å². The van der Waals surface area contributed by atoms with Gasteiger partial charge in [-0.1, -0.05) is 0 Å². The van der Waals surface area contributed by atoms with Crippen LogP contribution in [0.25, 0.3) is 0 Å². The molecule has 1 aromatic rings. The quantitative estimate of drug-likeness (QED) is 0.783. The van der Waals surface area contributed by atoms with Gasteiger partial charge in [0.15, 0.2) is 11.5 Å². The second kappa shape index (κ2) is 3.17.